The quantitative estimate of drug-likeness (QED) is 0.915. The summed E-state index contributed by atoms with van der Waals surface area (Å²) in [5.74, 6) is -0.0500. The van der Waals surface area contributed by atoms with E-state index in [1.165, 1.54) is 0 Å². The van der Waals surface area contributed by atoms with Crippen LogP contribution in [0.15, 0.2) is 24.3 Å². The summed E-state index contributed by atoms with van der Waals surface area (Å²) in [6, 6.07) is 7.41. The highest BCUT2D eigenvalue weighted by molar-refractivity contribution is 6.01. The number of rotatable bonds is 4. The molecule has 0 saturated carbocycles. The van der Waals surface area contributed by atoms with Crippen LogP contribution in [0.1, 0.15) is 38.7 Å². The molecule has 4 nitrogen and oxygen atoms in total. The number of fused-ring (bicyclic) bond motifs is 1. The van der Waals surface area contributed by atoms with Gasteiger partial charge in [-0.15, -0.1) is 0 Å². The van der Waals surface area contributed by atoms with Crippen LogP contribution in [-0.4, -0.2) is 24.4 Å². The number of hydrogen-bond donors (Lipinski definition) is 1. The van der Waals surface area contributed by atoms with Crippen molar-refractivity contribution in [3.05, 3.63) is 29.8 Å². The summed E-state index contributed by atoms with van der Waals surface area (Å²) in [7, 11) is 0. The van der Waals surface area contributed by atoms with Gasteiger partial charge in [0.15, 0.2) is 0 Å². The van der Waals surface area contributed by atoms with E-state index in [2.05, 4.69) is 5.32 Å². The van der Waals surface area contributed by atoms with E-state index in [0.29, 0.717) is 13.0 Å². The summed E-state index contributed by atoms with van der Waals surface area (Å²) in [6.45, 7) is 4.45. The van der Waals surface area contributed by atoms with Crippen LogP contribution < -0.4 is 10.2 Å². The third-order valence-corrected chi connectivity index (χ3v) is 3.67. The number of benzene rings is 1. The molecule has 2 amide bonds. The van der Waals surface area contributed by atoms with E-state index in [9.17, 15) is 9.59 Å². The number of anilines is 1. The fraction of sp³-hybridized carbons (Fsp3) is 0.500. The highest BCUT2D eigenvalue weighted by Crippen LogP contribution is 2.28. The van der Waals surface area contributed by atoms with E-state index in [-0.39, 0.29) is 11.8 Å². The highest BCUT2D eigenvalue weighted by atomic mass is 16.2. The molecule has 0 aliphatic carbocycles. The minimum atomic E-state index is -0.465. The third kappa shape index (κ3) is 3.00. The molecule has 0 fully saturated rings. The second-order valence-electron chi connectivity index (χ2n) is 5.21. The summed E-state index contributed by atoms with van der Waals surface area (Å²) < 4.78 is 0. The van der Waals surface area contributed by atoms with Gasteiger partial charge in [0.05, 0.1) is 0 Å². The first-order chi connectivity index (χ1) is 9.65. The van der Waals surface area contributed by atoms with Crippen LogP contribution in [0.25, 0.3) is 0 Å². The molecular formula is C16H22N2O2. The molecule has 1 N–H and O–H groups in total. The predicted molar refractivity (Wildman–Crippen MR) is 79.6 cm³/mol. The Kier molecular flexibility index (Phi) is 4.77. The molecule has 1 atom stereocenters. The van der Waals surface area contributed by atoms with Crippen LogP contribution >= 0.6 is 0 Å². The molecule has 1 aromatic rings. The molecule has 0 aromatic heterocycles. The summed E-state index contributed by atoms with van der Waals surface area (Å²) in [4.78, 5) is 26.2. The minimum Gasteiger partial charge on any atom is -0.354 e. The zero-order valence-electron chi connectivity index (χ0n) is 12.2. The van der Waals surface area contributed by atoms with Gasteiger partial charge in [-0.3, -0.25) is 14.5 Å². The average molecular weight is 274 g/mol. The van der Waals surface area contributed by atoms with Gasteiger partial charge in [0.1, 0.15) is 6.04 Å². The van der Waals surface area contributed by atoms with Gasteiger partial charge in [0.25, 0.3) is 0 Å². The van der Waals surface area contributed by atoms with Crippen molar-refractivity contribution in [3.63, 3.8) is 0 Å². The van der Waals surface area contributed by atoms with E-state index >= 15 is 0 Å². The number of carbonyl (C=O) groups excluding carboxylic acids is 2. The lowest BCUT2D eigenvalue weighted by Crippen LogP contribution is -2.48. The molecule has 1 aliphatic heterocycles. The molecular weight excluding hydrogens is 252 g/mol. The number of aryl methyl sites for hydroxylation is 1. The highest BCUT2D eigenvalue weighted by Gasteiger charge is 2.29. The van der Waals surface area contributed by atoms with Crippen molar-refractivity contribution in [1.29, 1.82) is 0 Å². The Morgan fingerprint density at radius 2 is 2.10 bits per heavy atom. The van der Waals surface area contributed by atoms with Crippen molar-refractivity contribution in [1.82, 2.24) is 5.32 Å². The normalized spacial score (nSPS) is 16.3. The largest absolute Gasteiger partial charge is 0.354 e. The predicted octanol–water partition coefficient (Wildman–Crippen LogP) is 2.27. The molecule has 1 aliphatic rings. The number of nitrogens with one attached hydrogen (secondary N) is 1. The van der Waals surface area contributed by atoms with Gasteiger partial charge in [-0.05, 0) is 37.8 Å². The van der Waals surface area contributed by atoms with Gasteiger partial charge in [0.2, 0.25) is 11.8 Å². The molecule has 1 aromatic carbocycles. The van der Waals surface area contributed by atoms with Gasteiger partial charge in [-0.2, -0.15) is 0 Å². The molecule has 0 bridgehead atoms. The maximum atomic E-state index is 12.3. The molecule has 0 spiro atoms. The number of carbonyl (C=O) groups is 2. The monoisotopic (exact) mass is 274 g/mol. The van der Waals surface area contributed by atoms with Crippen LogP contribution in [-0.2, 0) is 16.0 Å². The van der Waals surface area contributed by atoms with Crippen molar-refractivity contribution in [3.8, 4) is 0 Å². The van der Waals surface area contributed by atoms with Crippen molar-refractivity contribution >= 4 is 17.5 Å². The molecule has 0 radical (unpaired) electrons. The Hall–Kier alpha value is -1.84. The van der Waals surface area contributed by atoms with E-state index in [0.717, 1.165) is 30.5 Å². The number of para-hydroxylation sites is 1. The summed E-state index contributed by atoms with van der Waals surface area (Å²) in [5.41, 5.74) is 2.03. The zero-order valence-corrected chi connectivity index (χ0v) is 12.2. The van der Waals surface area contributed by atoms with Crippen molar-refractivity contribution in [2.24, 2.45) is 0 Å². The minimum absolute atomic E-state index is 0.0362. The second-order valence-corrected chi connectivity index (χ2v) is 5.21. The van der Waals surface area contributed by atoms with E-state index < -0.39 is 6.04 Å². The Labute approximate surface area is 120 Å². The molecule has 4 heteroatoms. The van der Waals surface area contributed by atoms with Gasteiger partial charge in [-0.1, -0.05) is 25.1 Å². The second kappa shape index (κ2) is 6.55. The fourth-order valence-corrected chi connectivity index (χ4v) is 2.58. The lowest BCUT2D eigenvalue weighted by Gasteiger charge is -2.28. The smallest absolute Gasteiger partial charge is 0.242 e. The number of hydrogen-bond acceptors (Lipinski definition) is 2. The van der Waals surface area contributed by atoms with Crippen LogP contribution in [0.3, 0.4) is 0 Å². The van der Waals surface area contributed by atoms with Crippen LogP contribution in [0.2, 0.25) is 0 Å². The van der Waals surface area contributed by atoms with Crippen LogP contribution in [0.5, 0.6) is 0 Å². The zero-order chi connectivity index (χ0) is 14.5. The fourth-order valence-electron chi connectivity index (χ4n) is 2.58. The van der Waals surface area contributed by atoms with E-state index in [1.807, 2.05) is 31.2 Å². The van der Waals surface area contributed by atoms with Crippen molar-refractivity contribution in [2.45, 2.75) is 45.6 Å². The van der Waals surface area contributed by atoms with E-state index in [4.69, 9.17) is 0 Å². The molecule has 0 saturated heterocycles. The Morgan fingerprint density at radius 1 is 1.35 bits per heavy atom. The summed E-state index contributed by atoms with van der Waals surface area (Å²) >= 11 is 0. The first-order valence-electron chi connectivity index (χ1n) is 7.32. The maximum absolute atomic E-state index is 12.3. The Morgan fingerprint density at radius 3 is 2.85 bits per heavy atom. The third-order valence-electron chi connectivity index (χ3n) is 3.67. The van der Waals surface area contributed by atoms with Gasteiger partial charge in [-0.25, -0.2) is 0 Å². The Balaban J connectivity index is 2.28. The summed E-state index contributed by atoms with van der Waals surface area (Å²) in [5, 5.41) is 2.87. The van der Waals surface area contributed by atoms with E-state index in [1.54, 1.807) is 11.8 Å². The SMILES string of the molecule is CCCNC(=O)C(C)N1C(=O)CCCc2ccccc21. The molecule has 20 heavy (non-hydrogen) atoms. The first kappa shape index (κ1) is 14.6. The lowest BCUT2D eigenvalue weighted by molar-refractivity contribution is -0.126. The lowest BCUT2D eigenvalue weighted by atomic mass is 10.1. The topological polar surface area (TPSA) is 49.4 Å². The molecule has 2 rings (SSSR count). The van der Waals surface area contributed by atoms with Gasteiger partial charge < -0.3 is 5.32 Å². The average Bonchev–Trinajstić information content (AvgIpc) is 2.62. The van der Waals surface area contributed by atoms with Gasteiger partial charge >= 0.3 is 0 Å². The molecule has 1 unspecified atom stereocenters. The summed E-state index contributed by atoms with van der Waals surface area (Å²) in [6.07, 6.45) is 3.13. The van der Waals surface area contributed by atoms with Gasteiger partial charge in [0, 0.05) is 18.7 Å². The Bertz CT molecular complexity index is 499. The number of nitrogens with zero attached hydrogens (tertiary/aromatic N) is 1. The van der Waals surface area contributed by atoms with Crippen LogP contribution in [0.4, 0.5) is 5.69 Å². The number of amides is 2. The molecule has 108 valence electrons. The van der Waals surface area contributed by atoms with Crippen LogP contribution in [0, 0.1) is 0 Å². The van der Waals surface area contributed by atoms with Crippen molar-refractivity contribution in [2.75, 3.05) is 11.4 Å². The molecule has 1 heterocycles. The standard InChI is InChI=1S/C16H22N2O2/c1-3-11-17-16(20)12(2)18-14-9-5-4-7-13(14)8-6-10-15(18)19/h4-5,7,9,12H,3,6,8,10-11H2,1-2H3,(H,17,20). The maximum Gasteiger partial charge on any atom is 0.242 e. The first-order valence-corrected chi connectivity index (χ1v) is 7.32. The van der Waals surface area contributed by atoms with Crippen molar-refractivity contribution < 1.29 is 9.59 Å².